The van der Waals surface area contributed by atoms with E-state index < -0.39 is 0 Å². The van der Waals surface area contributed by atoms with Crippen molar-refractivity contribution < 1.29 is 9.47 Å². The summed E-state index contributed by atoms with van der Waals surface area (Å²) in [6.45, 7) is 0. The molecule has 3 N–H and O–H groups in total. The van der Waals surface area contributed by atoms with Crippen LogP contribution in [0.5, 0.6) is 11.5 Å². The molecule has 0 aliphatic rings. The molecule has 0 aliphatic heterocycles. The standard InChI is InChI=1S/C15H14ClN3O2/c1-20-8-3-4-12-13(5-8)19-15(18-12)9-6-10(16)11(17)7-14(9)21-2/h3-7H,17H2,1-2H3,(H,18,19). The van der Waals surface area contributed by atoms with Crippen LogP contribution in [-0.4, -0.2) is 24.2 Å². The number of nitrogens with two attached hydrogens (primary N) is 1. The van der Waals surface area contributed by atoms with Gasteiger partial charge < -0.3 is 20.2 Å². The van der Waals surface area contributed by atoms with Crippen molar-refractivity contribution in [1.82, 2.24) is 9.97 Å². The van der Waals surface area contributed by atoms with Crippen molar-refractivity contribution >= 4 is 28.3 Å². The number of nitrogens with zero attached hydrogens (tertiary/aromatic N) is 1. The first kappa shape index (κ1) is 13.6. The van der Waals surface area contributed by atoms with Gasteiger partial charge in [-0.1, -0.05) is 11.6 Å². The Hall–Kier alpha value is -2.40. The van der Waals surface area contributed by atoms with E-state index in [-0.39, 0.29) is 0 Å². The number of ether oxygens (including phenoxy) is 2. The molecule has 6 heteroatoms. The van der Waals surface area contributed by atoms with Crippen LogP contribution in [0.25, 0.3) is 22.4 Å². The Kier molecular flexibility index (Phi) is 3.35. The molecular weight excluding hydrogens is 290 g/mol. The Morgan fingerprint density at radius 2 is 1.95 bits per heavy atom. The molecule has 0 amide bonds. The number of fused-ring (bicyclic) bond motifs is 1. The second kappa shape index (κ2) is 5.18. The van der Waals surface area contributed by atoms with Crippen molar-refractivity contribution in [3.8, 4) is 22.9 Å². The Morgan fingerprint density at radius 1 is 1.14 bits per heavy atom. The zero-order chi connectivity index (χ0) is 15.0. The van der Waals surface area contributed by atoms with Gasteiger partial charge in [-0.2, -0.15) is 0 Å². The molecule has 1 aromatic heterocycles. The monoisotopic (exact) mass is 303 g/mol. The van der Waals surface area contributed by atoms with Gasteiger partial charge in [-0.05, 0) is 18.2 Å². The number of H-pyrrole nitrogens is 1. The summed E-state index contributed by atoms with van der Waals surface area (Å²) in [4.78, 5) is 7.78. The number of hydrogen-bond acceptors (Lipinski definition) is 4. The third kappa shape index (κ3) is 2.36. The van der Waals surface area contributed by atoms with Crippen LogP contribution in [0.4, 0.5) is 5.69 Å². The highest BCUT2D eigenvalue weighted by Crippen LogP contribution is 2.35. The number of nitrogen functional groups attached to an aromatic ring is 1. The number of aromatic nitrogens is 2. The fraction of sp³-hybridized carbons (Fsp3) is 0.133. The highest BCUT2D eigenvalue weighted by Gasteiger charge is 2.13. The summed E-state index contributed by atoms with van der Waals surface area (Å²) in [7, 11) is 3.21. The van der Waals surface area contributed by atoms with Crippen LogP contribution in [-0.2, 0) is 0 Å². The smallest absolute Gasteiger partial charge is 0.142 e. The Morgan fingerprint density at radius 3 is 2.67 bits per heavy atom. The maximum absolute atomic E-state index is 6.10. The average Bonchev–Trinajstić information content (AvgIpc) is 2.92. The van der Waals surface area contributed by atoms with Gasteiger partial charge in [0, 0.05) is 12.1 Å². The van der Waals surface area contributed by atoms with Crippen LogP contribution in [0.3, 0.4) is 0 Å². The fourth-order valence-electron chi connectivity index (χ4n) is 2.17. The first-order chi connectivity index (χ1) is 10.1. The van der Waals surface area contributed by atoms with Gasteiger partial charge in [-0.15, -0.1) is 0 Å². The predicted octanol–water partition coefficient (Wildman–Crippen LogP) is 3.48. The molecule has 0 saturated carbocycles. The second-order valence-electron chi connectivity index (χ2n) is 4.54. The lowest BCUT2D eigenvalue weighted by Gasteiger charge is -2.08. The van der Waals surface area contributed by atoms with Crippen LogP contribution >= 0.6 is 11.6 Å². The van der Waals surface area contributed by atoms with E-state index in [0.29, 0.717) is 22.3 Å². The highest BCUT2D eigenvalue weighted by molar-refractivity contribution is 6.33. The molecule has 21 heavy (non-hydrogen) atoms. The zero-order valence-electron chi connectivity index (χ0n) is 11.6. The fourth-order valence-corrected chi connectivity index (χ4v) is 2.33. The molecule has 0 bridgehead atoms. The summed E-state index contributed by atoms with van der Waals surface area (Å²) in [5, 5.41) is 0.462. The molecule has 3 aromatic rings. The summed E-state index contributed by atoms with van der Waals surface area (Å²) in [5.74, 6) is 2.04. The van der Waals surface area contributed by atoms with Crippen LogP contribution in [0, 0.1) is 0 Å². The molecular formula is C15H14ClN3O2. The first-order valence-electron chi connectivity index (χ1n) is 6.29. The van der Waals surface area contributed by atoms with Gasteiger partial charge in [0.25, 0.3) is 0 Å². The summed E-state index contributed by atoms with van der Waals surface area (Å²) < 4.78 is 10.6. The van der Waals surface area contributed by atoms with Gasteiger partial charge in [0.1, 0.15) is 17.3 Å². The molecule has 0 fully saturated rings. The van der Waals surface area contributed by atoms with Gasteiger partial charge in [0.05, 0.1) is 41.5 Å². The Bertz CT molecular complexity index is 814. The van der Waals surface area contributed by atoms with Gasteiger partial charge in [0.2, 0.25) is 0 Å². The lowest BCUT2D eigenvalue weighted by Crippen LogP contribution is -1.93. The third-order valence-electron chi connectivity index (χ3n) is 3.26. The molecule has 5 nitrogen and oxygen atoms in total. The average molecular weight is 304 g/mol. The lowest BCUT2D eigenvalue weighted by atomic mass is 10.1. The molecule has 108 valence electrons. The highest BCUT2D eigenvalue weighted by atomic mass is 35.5. The van der Waals surface area contributed by atoms with Crippen LogP contribution in [0.1, 0.15) is 0 Å². The molecule has 0 unspecified atom stereocenters. The minimum absolute atomic E-state index is 0.462. The SMILES string of the molecule is COc1ccc2nc(-c3cc(Cl)c(N)cc3OC)[nH]c2c1. The van der Waals surface area contributed by atoms with Gasteiger partial charge >= 0.3 is 0 Å². The first-order valence-corrected chi connectivity index (χ1v) is 6.67. The van der Waals surface area contributed by atoms with Gasteiger partial charge in [0.15, 0.2) is 0 Å². The summed E-state index contributed by atoms with van der Waals surface area (Å²) >= 11 is 6.10. The van der Waals surface area contributed by atoms with Crippen molar-refractivity contribution in [2.45, 2.75) is 0 Å². The minimum Gasteiger partial charge on any atom is -0.497 e. The van der Waals surface area contributed by atoms with E-state index in [1.165, 1.54) is 0 Å². The van der Waals surface area contributed by atoms with Crippen molar-refractivity contribution in [3.05, 3.63) is 35.4 Å². The quantitative estimate of drug-likeness (QED) is 0.727. The van der Waals surface area contributed by atoms with E-state index in [0.717, 1.165) is 22.3 Å². The Labute approximate surface area is 126 Å². The van der Waals surface area contributed by atoms with Crippen LogP contribution < -0.4 is 15.2 Å². The minimum atomic E-state index is 0.462. The van der Waals surface area contributed by atoms with E-state index >= 15 is 0 Å². The summed E-state index contributed by atoms with van der Waals surface area (Å²) in [6, 6.07) is 9.06. The Balaban J connectivity index is 2.18. The van der Waals surface area contributed by atoms with Crippen LogP contribution in [0.15, 0.2) is 30.3 Å². The second-order valence-corrected chi connectivity index (χ2v) is 4.95. The molecule has 1 heterocycles. The number of methoxy groups -OCH3 is 2. The van der Waals surface area contributed by atoms with Crippen molar-refractivity contribution in [2.75, 3.05) is 20.0 Å². The predicted molar refractivity (Wildman–Crippen MR) is 84.1 cm³/mol. The van der Waals surface area contributed by atoms with E-state index in [1.54, 1.807) is 26.4 Å². The van der Waals surface area contributed by atoms with E-state index in [2.05, 4.69) is 9.97 Å². The summed E-state index contributed by atoms with van der Waals surface area (Å²) in [6.07, 6.45) is 0. The van der Waals surface area contributed by atoms with Gasteiger partial charge in [-0.25, -0.2) is 4.98 Å². The van der Waals surface area contributed by atoms with Crippen molar-refractivity contribution in [1.29, 1.82) is 0 Å². The molecule has 0 aliphatic carbocycles. The maximum Gasteiger partial charge on any atom is 0.142 e. The van der Waals surface area contributed by atoms with E-state index in [9.17, 15) is 0 Å². The number of aromatic amines is 1. The normalized spacial score (nSPS) is 10.8. The topological polar surface area (TPSA) is 73.2 Å². The number of halogens is 1. The molecule has 0 radical (unpaired) electrons. The number of anilines is 1. The van der Waals surface area contributed by atoms with Crippen molar-refractivity contribution in [2.24, 2.45) is 0 Å². The number of rotatable bonds is 3. The third-order valence-corrected chi connectivity index (χ3v) is 3.59. The molecule has 3 rings (SSSR count). The summed E-state index contributed by atoms with van der Waals surface area (Å²) in [5.41, 5.74) is 8.73. The molecule has 2 aromatic carbocycles. The number of nitrogens with one attached hydrogen (secondary N) is 1. The molecule has 0 atom stereocenters. The largest absolute Gasteiger partial charge is 0.497 e. The van der Waals surface area contributed by atoms with Gasteiger partial charge in [-0.3, -0.25) is 0 Å². The van der Waals surface area contributed by atoms with E-state index in [4.69, 9.17) is 26.8 Å². The maximum atomic E-state index is 6.10. The van der Waals surface area contributed by atoms with Crippen LogP contribution in [0.2, 0.25) is 5.02 Å². The number of hydrogen-bond donors (Lipinski definition) is 2. The zero-order valence-corrected chi connectivity index (χ0v) is 12.4. The number of imidazole rings is 1. The number of benzene rings is 2. The van der Waals surface area contributed by atoms with E-state index in [1.807, 2.05) is 18.2 Å². The van der Waals surface area contributed by atoms with Crippen molar-refractivity contribution in [3.63, 3.8) is 0 Å². The lowest BCUT2D eigenvalue weighted by molar-refractivity contribution is 0.415. The molecule has 0 spiro atoms. The molecule has 0 saturated heterocycles.